The minimum Gasteiger partial charge on any atom is -0.322 e. The average molecular weight is 323 g/mol. The van der Waals surface area contributed by atoms with Crippen LogP contribution in [0.4, 0.5) is 10.1 Å². The number of rotatable bonds is 4. The van der Waals surface area contributed by atoms with Crippen molar-refractivity contribution >= 4 is 11.6 Å². The Balaban J connectivity index is 1.53. The van der Waals surface area contributed by atoms with Crippen LogP contribution >= 0.6 is 0 Å². The predicted molar refractivity (Wildman–Crippen MR) is 85.9 cm³/mol. The van der Waals surface area contributed by atoms with Gasteiger partial charge >= 0.3 is 0 Å². The zero-order valence-electron chi connectivity index (χ0n) is 12.7. The minimum absolute atomic E-state index is 0.0132. The van der Waals surface area contributed by atoms with Crippen LogP contribution in [0.1, 0.15) is 29.2 Å². The molecule has 0 saturated heterocycles. The summed E-state index contributed by atoms with van der Waals surface area (Å²) in [5.41, 5.74) is 1.47. The van der Waals surface area contributed by atoms with Crippen LogP contribution in [0, 0.1) is 5.82 Å². The van der Waals surface area contributed by atoms with Crippen molar-refractivity contribution in [2.45, 2.75) is 18.9 Å². The molecule has 6 nitrogen and oxygen atoms in total. The number of amides is 1. The van der Waals surface area contributed by atoms with E-state index in [1.54, 1.807) is 24.3 Å². The maximum atomic E-state index is 13.6. The summed E-state index contributed by atoms with van der Waals surface area (Å²) in [5.74, 6) is -0.316. The smallest absolute Gasteiger partial charge is 0.258 e. The normalized spacial score (nSPS) is 13.7. The van der Waals surface area contributed by atoms with Gasteiger partial charge in [-0.15, -0.1) is 5.10 Å². The highest BCUT2D eigenvalue weighted by atomic mass is 19.1. The summed E-state index contributed by atoms with van der Waals surface area (Å²) in [4.78, 5) is 12.1. The Morgan fingerprint density at radius 1 is 1.12 bits per heavy atom. The summed E-state index contributed by atoms with van der Waals surface area (Å²) in [6.45, 7) is 0. The number of tetrazole rings is 1. The van der Waals surface area contributed by atoms with Gasteiger partial charge in [0.05, 0.1) is 11.6 Å². The van der Waals surface area contributed by atoms with Crippen molar-refractivity contribution < 1.29 is 9.18 Å². The van der Waals surface area contributed by atoms with Gasteiger partial charge in [0.1, 0.15) is 5.82 Å². The topological polar surface area (TPSA) is 72.7 Å². The average Bonchev–Trinajstić information content (AvgIpc) is 3.33. The third-order valence-electron chi connectivity index (χ3n) is 3.91. The molecule has 2 aromatic carbocycles. The first-order valence-electron chi connectivity index (χ1n) is 7.66. The molecule has 1 aromatic heterocycles. The Labute approximate surface area is 137 Å². The van der Waals surface area contributed by atoms with Gasteiger partial charge in [-0.3, -0.25) is 4.79 Å². The maximum absolute atomic E-state index is 13.6. The van der Waals surface area contributed by atoms with E-state index in [9.17, 15) is 9.18 Å². The van der Waals surface area contributed by atoms with Gasteiger partial charge in [0.25, 0.3) is 5.91 Å². The van der Waals surface area contributed by atoms with Gasteiger partial charge in [-0.2, -0.15) is 0 Å². The summed E-state index contributed by atoms with van der Waals surface area (Å²) in [6, 6.07) is 13.4. The van der Waals surface area contributed by atoms with E-state index in [4.69, 9.17) is 0 Å². The highest BCUT2D eigenvalue weighted by molar-refractivity contribution is 6.04. The monoisotopic (exact) mass is 323 g/mol. The summed E-state index contributed by atoms with van der Waals surface area (Å²) in [7, 11) is 0. The number of anilines is 1. The number of halogens is 1. The molecule has 1 aliphatic carbocycles. The molecular formula is C17H14FN5O. The molecule has 0 aliphatic heterocycles. The second-order valence-electron chi connectivity index (χ2n) is 5.69. The number of hydrogen-bond acceptors (Lipinski definition) is 4. The minimum atomic E-state index is -0.546. The van der Waals surface area contributed by atoms with Crippen molar-refractivity contribution in [3.05, 3.63) is 59.9 Å². The highest BCUT2D eigenvalue weighted by Gasteiger charge is 2.28. The number of nitrogens with zero attached hydrogens (tertiary/aromatic N) is 4. The summed E-state index contributed by atoms with van der Waals surface area (Å²) in [5, 5.41) is 14.5. The number of carbonyl (C=O) groups excluding carboxylic acids is 1. The van der Waals surface area contributed by atoms with Gasteiger partial charge in [-0.05, 0) is 59.7 Å². The quantitative estimate of drug-likeness (QED) is 0.801. The predicted octanol–water partition coefficient (Wildman–Crippen LogP) is 3.07. The van der Waals surface area contributed by atoms with Crippen LogP contribution in [-0.4, -0.2) is 26.1 Å². The van der Waals surface area contributed by atoms with E-state index < -0.39 is 11.7 Å². The summed E-state index contributed by atoms with van der Waals surface area (Å²) in [6.07, 6.45) is 2.18. The Morgan fingerprint density at radius 3 is 2.58 bits per heavy atom. The van der Waals surface area contributed by atoms with Crippen molar-refractivity contribution in [3.63, 3.8) is 0 Å². The first kappa shape index (κ1) is 14.5. The molecule has 0 atom stereocenters. The molecule has 0 radical (unpaired) electrons. The molecule has 1 aliphatic rings. The number of nitrogens with one attached hydrogen (secondary N) is 1. The summed E-state index contributed by atoms with van der Waals surface area (Å²) < 4.78 is 15.5. The van der Waals surface area contributed by atoms with Crippen molar-refractivity contribution in [1.29, 1.82) is 0 Å². The SMILES string of the molecule is O=C(Nc1ccc(-c2nnnn2C2CC2)cc1)c1ccccc1F. The standard InChI is InChI=1S/C17H14FN5O/c18-15-4-2-1-3-14(15)17(24)19-12-7-5-11(6-8-12)16-20-21-22-23(16)13-9-10-13/h1-8,13H,9-10H2,(H,19,24). The van der Waals surface area contributed by atoms with Crippen molar-refractivity contribution in [1.82, 2.24) is 20.2 Å². The third kappa shape index (κ3) is 2.76. The molecule has 1 amide bonds. The molecule has 0 spiro atoms. The molecule has 7 heteroatoms. The molecular weight excluding hydrogens is 309 g/mol. The molecule has 1 N–H and O–H groups in total. The fourth-order valence-electron chi connectivity index (χ4n) is 2.50. The molecule has 120 valence electrons. The molecule has 1 heterocycles. The number of benzene rings is 2. The van der Waals surface area contributed by atoms with Crippen molar-refractivity contribution in [3.8, 4) is 11.4 Å². The van der Waals surface area contributed by atoms with Gasteiger partial charge in [-0.1, -0.05) is 12.1 Å². The van der Waals surface area contributed by atoms with E-state index in [1.165, 1.54) is 12.1 Å². The van der Waals surface area contributed by atoms with E-state index in [1.807, 2.05) is 16.8 Å². The zero-order chi connectivity index (χ0) is 16.5. The van der Waals surface area contributed by atoms with Crippen LogP contribution in [0.15, 0.2) is 48.5 Å². The largest absolute Gasteiger partial charge is 0.322 e. The first-order chi connectivity index (χ1) is 11.7. The van der Waals surface area contributed by atoms with Crippen LogP contribution in [0.3, 0.4) is 0 Å². The lowest BCUT2D eigenvalue weighted by Gasteiger charge is -2.07. The van der Waals surface area contributed by atoms with E-state index in [0.29, 0.717) is 17.6 Å². The van der Waals surface area contributed by atoms with Gasteiger partial charge in [0.15, 0.2) is 5.82 Å². The highest BCUT2D eigenvalue weighted by Crippen LogP contribution is 2.36. The molecule has 4 rings (SSSR count). The molecule has 1 saturated carbocycles. The molecule has 24 heavy (non-hydrogen) atoms. The van der Waals surface area contributed by atoms with Crippen LogP contribution in [0.2, 0.25) is 0 Å². The lowest BCUT2D eigenvalue weighted by molar-refractivity contribution is 0.102. The maximum Gasteiger partial charge on any atom is 0.258 e. The number of aromatic nitrogens is 4. The number of carbonyl (C=O) groups is 1. The molecule has 3 aromatic rings. The van der Waals surface area contributed by atoms with Gasteiger partial charge in [0, 0.05) is 11.3 Å². The molecule has 1 fully saturated rings. The van der Waals surface area contributed by atoms with E-state index in [0.717, 1.165) is 18.4 Å². The van der Waals surface area contributed by atoms with Crippen molar-refractivity contribution in [2.24, 2.45) is 0 Å². The van der Waals surface area contributed by atoms with E-state index in [2.05, 4.69) is 20.8 Å². The first-order valence-corrected chi connectivity index (χ1v) is 7.66. The van der Waals surface area contributed by atoms with E-state index in [-0.39, 0.29) is 5.56 Å². The Hall–Kier alpha value is -3.09. The fraction of sp³-hybridized carbons (Fsp3) is 0.176. The Morgan fingerprint density at radius 2 is 1.88 bits per heavy atom. The van der Waals surface area contributed by atoms with Crippen LogP contribution in [-0.2, 0) is 0 Å². The van der Waals surface area contributed by atoms with Crippen LogP contribution in [0.5, 0.6) is 0 Å². The number of hydrogen-bond donors (Lipinski definition) is 1. The van der Waals surface area contributed by atoms with Crippen LogP contribution < -0.4 is 5.32 Å². The second kappa shape index (κ2) is 5.84. The lowest BCUT2D eigenvalue weighted by Crippen LogP contribution is -2.13. The van der Waals surface area contributed by atoms with Crippen molar-refractivity contribution in [2.75, 3.05) is 5.32 Å². The lowest BCUT2D eigenvalue weighted by atomic mass is 10.1. The second-order valence-corrected chi connectivity index (χ2v) is 5.69. The molecule has 0 bridgehead atoms. The van der Waals surface area contributed by atoms with Crippen LogP contribution in [0.25, 0.3) is 11.4 Å². The Bertz CT molecular complexity index is 886. The van der Waals surface area contributed by atoms with Gasteiger partial charge in [-0.25, -0.2) is 9.07 Å². The summed E-state index contributed by atoms with van der Waals surface area (Å²) >= 11 is 0. The van der Waals surface area contributed by atoms with Gasteiger partial charge in [0.2, 0.25) is 0 Å². The van der Waals surface area contributed by atoms with E-state index >= 15 is 0 Å². The Kier molecular flexibility index (Phi) is 3.53. The van der Waals surface area contributed by atoms with Gasteiger partial charge < -0.3 is 5.32 Å². The third-order valence-corrected chi connectivity index (χ3v) is 3.91. The fourth-order valence-corrected chi connectivity index (χ4v) is 2.50. The zero-order valence-corrected chi connectivity index (χ0v) is 12.7. The molecule has 0 unspecified atom stereocenters.